The van der Waals surface area contributed by atoms with Gasteiger partial charge in [0.05, 0.1) is 5.25 Å². The molecule has 1 fully saturated rings. The maximum Gasteiger partial charge on any atom is 0.264 e. The average molecular weight is 426 g/mol. The Morgan fingerprint density at radius 2 is 1.82 bits per heavy atom. The third-order valence-electron chi connectivity index (χ3n) is 4.53. The number of halogens is 1. The molecule has 2 aromatic carbocycles. The molecular weight excluding hydrogens is 407 g/mol. The fraction of sp³-hybridized carbons (Fsp3) is 0.278. The number of amides is 1. The Morgan fingerprint density at radius 1 is 1.11 bits per heavy atom. The zero-order valence-corrected chi connectivity index (χ0v) is 16.6. The Kier molecular flexibility index (Phi) is 5.44. The van der Waals surface area contributed by atoms with Crippen LogP contribution in [0.4, 0.5) is 10.1 Å². The summed E-state index contributed by atoms with van der Waals surface area (Å²) >= 11 is 0. The molecule has 10 heteroatoms. The molecule has 3 rings (SSSR count). The van der Waals surface area contributed by atoms with Gasteiger partial charge in [-0.05, 0) is 36.8 Å². The lowest BCUT2D eigenvalue weighted by atomic mass is 10.2. The van der Waals surface area contributed by atoms with Crippen LogP contribution in [0.5, 0.6) is 0 Å². The van der Waals surface area contributed by atoms with E-state index in [2.05, 4.69) is 4.72 Å². The van der Waals surface area contributed by atoms with Crippen molar-refractivity contribution in [3.63, 3.8) is 0 Å². The van der Waals surface area contributed by atoms with E-state index in [1.165, 1.54) is 41.3 Å². The van der Waals surface area contributed by atoms with E-state index >= 15 is 0 Å². The van der Waals surface area contributed by atoms with Crippen molar-refractivity contribution in [2.45, 2.75) is 16.6 Å². The van der Waals surface area contributed by atoms with E-state index in [9.17, 15) is 26.0 Å². The highest BCUT2D eigenvalue weighted by molar-refractivity contribution is 7.92. The number of sulfonamides is 1. The van der Waals surface area contributed by atoms with Gasteiger partial charge in [-0.1, -0.05) is 18.2 Å². The van der Waals surface area contributed by atoms with Gasteiger partial charge in [0.15, 0.2) is 9.84 Å². The Bertz CT molecular complexity index is 1120. The highest BCUT2D eigenvalue weighted by Crippen LogP contribution is 2.22. The highest BCUT2D eigenvalue weighted by atomic mass is 32.2. The molecule has 0 bridgehead atoms. The van der Waals surface area contributed by atoms with Crippen LogP contribution in [0.1, 0.15) is 16.8 Å². The summed E-state index contributed by atoms with van der Waals surface area (Å²) in [4.78, 5) is 13.6. The first-order valence-electron chi connectivity index (χ1n) is 8.43. The van der Waals surface area contributed by atoms with E-state index in [1.54, 1.807) is 0 Å². The second-order valence-electron chi connectivity index (χ2n) is 6.61. The summed E-state index contributed by atoms with van der Waals surface area (Å²) in [5.74, 6) is -1.27. The maximum atomic E-state index is 13.8. The number of benzene rings is 2. The van der Waals surface area contributed by atoms with Crippen molar-refractivity contribution in [2.24, 2.45) is 0 Å². The number of nitrogens with zero attached hydrogens (tertiary/aromatic N) is 1. The minimum Gasteiger partial charge on any atom is -0.337 e. The Labute approximate surface area is 163 Å². The van der Waals surface area contributed by atoms with E-state index in [-0.39, 0.29) is 17.8 Å². The topological polar surface area (TPSA) is 101 Å². The van der Waals surface area contributed by atoms with Crippen molar-refractivity contribution in [3.05, 3.63) is 59.9 Å². The smallest absolute Gasteiger partial charge is 0.264 e. The number of hydrogen-bond donors (Lipinski definition) is 1. The second-order valence-corrected chi connectivity index (χ2v) is 10.6. The fourth-order valence-electron chi connectivity index (χ4n) is 3.03. The van der Waals surface area contributed by atoms with Gasteiger partial charge in [0.25, 0.3) is 15.9 Å². The number of sulfone groups is 1. The first kappa shape index (κ1) is 20.3. The number of hydrogen-bond acceptors (Lipinski definition) is 5. The van der Waals surface area contributed by atoms with Crippen LogP contribution < -0.4 is 4.72 Å². The maximum absolute atomic E-state index is 13.8. The third kappa shape index (κ3) is 4.33. The molecule has 0 aliphatic carbocycles. The van der Waals surface area contributed by atoms with E-state index in [0.29, 0.717) is 13.0 Å². The summed E-state index contributed by atoms with van der Waals surface area (Å²) < 4.78 is 64.2. The average Bonchev–Trinajstić information content (AvgIpc) is 3.11. The van der Waals surface area contributed by atoms with E-state index in [1.807, 2.05) is 0 Å². The molecule has 0 radical (unpaired) electrons. The lowest BCUT2D eigenvalue weighted by Gasteiger charge is -2.17. The summed E-state index contributed by atoms with van der Waals surface area (Å²) in [5, 5.41) is -0.598. The van der Waals surface area contributed by atoms with Gasteiger partial charge in [-0.25, -0.2) is 21.2 Å². The number of anilines is 1. The minimum absolute atomic E-state index is 0.100. The molecule has 0 aromatic heterocycles. The molecule has 2 aromatic rings. The lowest BCUT2D eigenvalue weighted by Crippen LogP contribution is -2.31. The first-order valence-corrected chi connectivity index (χ1v) is 11.9. The predicted octanol–water partition coefficient (Wildman–Crippen LogP) is 1.89. The van der Waals surface area contributed by atoms with E-state index in [0.717, 1.165) is 18.4 Å². The summed E-state index contributed by atoms with van der Waals surface area (Å²) in [6, 6.07) is 10.8. The van der Waals surface area contributed by atoms with Crippen molar-refractivity contribution < 1.29 is 26.0 Å². The van der Waals surface area contributed by atoms with Crippen molar-refractivity contribution in [1.82, 2.24) is 4.90 Å². The molecule has 0 spiro atoms. The quantitative estimate of drug-likeness (QED) is 0.787. The van der Waals surface area contributed by atoms with Crippen molar-refractivity contribution in [3.8, 4) is 0 Å². The van der Waals surface area contributed by atoms with Crippen LogP contribution in [0.25, 0.3) is 0 Å². The van der Waals surface area contributed by atoms with Crippen LogP contribution >= 0.6 is 0 Å². The summed E-state index contributed by atoms with van der Waals surface area (Å²) in [7, 11) is -7.40. The van der Waals surface area contributed by atoms with E-state index < -0.39 is 41.7 Å². The van der Waals surface area contributed by atoms with E-state index in [4.69, 9.17) is 0 Å². The van der Waals surface area contributed by atoms with Gasteiger partial charge < -0.3 is 4.90 Å². The van der Waals surface area contributed by atoms with Crippen molar-refractivity contribution >= 4 is 31.5 Å². The number of carbonyl (C=O) groups is 1. The van der Waals surface area contributed by atoms with Gasteiger partial charge in [0.2, 0.25) is 0 Å². The third-order valence-corrected chi connectivity index (χ3v) is 7.54. The number of rotatable bonds is 5. The normalized spacial score (nSPS) is 17.5. The van der Waals surface area contributed by atoms with Gasteiger partial charge in [0.1, 0.15) is 10.7 Å². The van der Waals surface area contributed by atoms with Crippen LogP contribution in [0, 0.1) is 5.82 Å². The minimum atomic E-state index is -4.16. The largest absolute Gasteiger partial charge is 0.337 e. The van der Waals surface area contributed by atoms with Crippen LogP contribution in [0.15, 0.2) is 53.4 Å². The van der Waals surface area contributed by atoms with Gasteiger partial charge >= 0.3 is 0 Å². The summed E-state index contributed by atoms with van der Waals surface area (Å²) in [6.45, 7) is 0.407. The zero-order chi connectivity index (χ0) is 20.5. The molecule has 1 amide bonds. The predicted molar refractivity (Wildman–Crippen MR) is 103 cm³/mol. The monoisotopic (exact) mass is 426 g/mol. The van der Waals surface area contributed by atoms with Gasteiger partial charge in [-0.3, -0.25) is 9.52 Å². The van der Waals surface area contributed by atoms with Crippen molar-refractivity contribution in [2.75, 3.05) is 24.1 Å². The standard InChI is InChI=1S/C18H19FN2O5S2/c1-27(23,24)15-9-10-21(12-15)18(22)13-5-4-6-14(11-13)20-28(25,26)17-8-3-2-7-16(17)19/h2-8,11,15,20H,9-10,12H2,1H3. The molecule has 1 aliphatic rings. The zero-order valence-electron chi connectivity index (χ0n) is 15.0. The van der Waals surface area contributed by atoms with Crippen molar-refractivity contribution in [1.29, 1.82) is 0 Å². The molecule has 0 saturated carbocycles. The summed E-state index contributed by atoms with van der Waals surface area (Å²) in [6.07, 6.45) is 1.51. The molecule has 1 N–H and O–H groups in total. The molecule has 28 heavy (non-hydrogen) atoms. The number of likely N-dealkylation sites (tertiary alicyclic amines) is 1. The molecule has 150 valence electrons. The molecular formula is C18H19FN2O5S2. The first-order chi connectivity index (χ1) is 13.1. The van der Waals surface area contributed by atoms with Crippen LogP contribution in [-0.4, -0.2) is 52.2 Å². The molecule has 1 atom stereocenters. The Morgan fingerprint density at radius 3 is 2.46 bits per heavy atom. The molecule has 1 saturated heterocycles. The fourth-order valence-corrected chi connectivity index (χ4v) is 5.15. The van der Waals surface area contributed by atoms with Gasteiger partial charge in [0, 0.05) is 30.6 Å². The lowest BCUT2D eigenvalue weighted by molar-refractivity contribution is 0.0793. The SMILES string of the molecule is CS(=O)(=O)C1CCN(C(=O)c2cccc(NS(=O)(=O)c3ccccc3F)c2)C1. The number of carbonyl (C=O) groups excluding carboxylic acids is 1. The van der Waals surface area contributed by atoms with Crippen LogP contribution in [0.2, 0.25) is 0 Å². The van der Waals surface area contributed by atoms with Gasteiger partial charge in [-0.2, -0.15) is 0 Å². The Hall–Kier alpha value is -2.46. The van der Waals surface area contributed by atoms with Crippen LogP contribution in [0.3, 0.4) is 0 Å². The highest BCUT2D eigenvalue weighted by Gasteiger charge is 2.33. The molecule has 1 unspecified atom stereocenters. The molecule has 1 aliphatic heterocycles. The second kappa shape index (κ2) is 7.51. The molecule has 7 nitrogen and oxygen atoms in total. The molecule has 1 heterocycles. The Balaban J connectivity index is 1.80. The number of nitrogens with one attached hydrogen (secondary N) is 1. The summed E-state index contributed by atoms with van der Waals surface area (Å²) in [5.41, 5.74) is 0.316. The van der Waals surface area contributed by atoms with Gasteiger partial charge in [-0.15, -0.1) is 0 Å². The van der Waals surface area contributed by atoms with Crippen LogP contribution in [-0.2, 0) is 19.9 Å².